The summed E-state index contributed by atoms with van der Waals surface area (Å²) in [6, 6.07) is 2.22. The van der Waals surface area contributed by atoms with Gasteiger partial charge in [0.2, 0.25) is 0 Å². The Morgan fingerprint density at radius 2 is 2.44 bits per heavy atom. The molecule has 2 heterocycles. The molecule has 0 aliphatic carbocycles. The van der Waals surface area contributed by atoms with Crippen LogP contribution in [0.3, 0.4) is 0 Å². The van der Waals surface area contributed by atoms with Gasteiger partial charge in [-0.15, -0.1) is 11.3 Å². The molecule has 0 bridgehead atoms. The summed E-state index contributed by atoms with van der Waals surface area (Å²) in [7, 11) is 0. The monoisotopic (exact) mass is 300 g/mol. The number of halogens is 1. The van der Waals surface area contributed by atoms with E-state index < -0.39 is 0 Å². The van der Waals surface area contributed by atoms with Gasteiger partial charge in [-0.25, -0.2) is 4.98 Å². The van der Waals surface area contributed by atoms with E-state index in [4.69, 9.17) is 4.42 Å². The molecule has 0 aliphatic rings. The third-order valence-electron chi connectivity index (χ3n) is 2.27. The summed E-state index contributed by atoms with van der Waals surface area (Å²) in [6.07, 6.45) is 3.57. The molecule has 2 rings (SSSR count). The smallest absolute Gasteiger partial charge is 0.176 e. The standard InChI is InChI=1S/C11H13BrN2OS/c1-3-13-7(2)9-6-14-11(16-9)10-8(12)4-5-15-10/h4-7,13H,3H2,1-2H3. The minimum atomic E-state index is 0.338. The highest BCUT2D eigenvalue weighted by molar-refractivity contribution is 9.10. The van der Waals surface area contributed by atoms with Gasteiger partial charge in [-0.1, -0.05) is 6.92 Å². The SMILES string of the molecule is CCNC(C)c1cnc(-c2occc2Br)s1. The van der Waals surface area contributed by atoms with Gasteiger partial charge in [0.05, 0.1) is 10.7 Å². The van der Waals surface area contributed by atoms with E-state index in [9.17, 15) is 0 Å². The molecule has 2 aromatic rings. The normalized spacial score (nSPS) is 12.9. The number of nitrogens with zero attached hydrogens (tertiary/aromatic N) is 1. The van der Waals surface area contributed by atoms with Gasteiger partial charge in [0.1, 0.15) is 0 Å². The molecule has 0 saturated heterocycles. The van der Waals surface area contributed by atoms with Gasteiger partial charge in [0, 0.05) is 17.1 Å². The van der Waals surface area contributed by atoms with Crippen LogP contribution < -0.4 is 5.32 Å². The first-order valence-corrected chi connectivity index (χ1v) is 6.75. The largest absolute Gasteiger partial charge is 0.461 e. The van der Waals surface area contributed by atoms with Crippen LogP contribution in [0.2, 0.25) is 0 Å². The lowest BCUT2D eigenvalue weighted by Gasteiger charge is -2.07. The van der Waals surface area contributed by atoms with Crippen molar-refractivity contribution >= 4 is 27.3 Å². The fraction of sp³-hybridized carbons (Fsp3) is 0.364. The summed E-state index contributed by atoms with van der Waals surface area (Å²) in [5, 5.41) is 4.28. The first-order valence-electron chi connectivity index (χ1n) is 5.14. The quantitative estimate of drug-likeness (QED) is 0.932. The highest BCUT2D eigenvalue weighted by atomic mass is 79.9. The molecule has 16 heavy (non-hydrogen) atoms. The van der Waals surface area contributed by atoms with E-state index in [1.807, 2.05) is 12.3 Å². The molecule has 0 spiro atoms. The number of hydrogen-bond acceptors (Lipinski definition) is 4. The lowest BCUT2D eigenvalue weighted by molar-refractivity contribution is 0.580. The molecule has 5 heteroatoms. The maximum Gasteiger partial charge on any atom is 0.176 e. The van der Waals surface area contributed by atoms with Gasteiger partial charge >= 0.3 is 0 Å². The van der Waals surface area contributed by atoms with E-state index in [1.165, 1.54) is 4.88 Å². The second-order valence-corrected chi connectivity index (χ2v) is 5.36. The zero-order valence-corrected chi connectivity index (χ0v) is 11.6. The minimum Gasteiger partial charge on any atom is -0.461 e. The van der Waals surface area contributed by atoms with Crippen molar-refractivity contribution in [3.63, 3.8) is 0 Å². The predicted octanol–water partition coefficient (Wildman–Crippen LogP) is 3.84. The Bertz CT molecular complexity index is 466. The summed E-state index contributed by atoms with van der Waals surface area (Å²) >= 11 is 5.09. The van der Waals surface area contributed by atoms with Gasteiger partial charge in [0.25, 0.3) is 0 Å². The molecule has 1 N–H and O–H groups in total. The van der Waals surface area contributed by atoms with E-state index >= 15 is 0 Å². The average Bonchev–Trinajstić information content (AvgIpc) is 2.86. The molecular formula is C11H13BrN2OS. The van der Waals surface area contributed by atoms with E-state index in [0.29, 0.717) is 6.04 Å². The highest BCUT2D eigenvalue weighted by Crippen LogP contribution is 2.33. The van der Waals surface area contributed by atoms with Crippen molar-refractivity contribution in [3.8, 4) is 10.8 Å². The Labute approximate surface area is 107 Å². The Hall–Kier alpha value is -0.650. The number of hydrogen-bond donors (Lipinski definition) is 1. The maximum atomic E-state index is 5.38. The number of rotatable bonds is 4. The number of nitrogens with one attached hydrogen (secondary N) is 1. The molecule has 0 saturated carbocycles. The van der Waals surface area contributed by atoms with Gasteiger partial charge in [-0.05, 0) is 35.5 Å². The fourth-order valence-corrected chi connectivity index (χ4v) is 2.91. The van der Waals surface area contributed by atoms with Crippen LogP contribution in [-0.2, 0) is 0 Å². The van der Waals surface area contributed by atoms with E-state index in [2.05, 4.69) is 40.1 Å². The second kappa shape index (κ2) is 5.12. The Morgan fingerprint density at radius 1 is 1.62 bits per heavy atom. The van der Waals surface area contributed by atoms with Crippen LogP contribution in [0.5, 0.6) is 0 Å². The zero-order valence-electron chi connectivity index (χ0n) is 9.16. The first kappa shape index (κ1) is 11.8. The average molecular weight is 301 g/mol. The van der Waals surface area contributed by atoms with Crippen molar-refractivity contribution in [2.75, 3.05) is 6.54 Å². The van der Waals surface area contributed by atoms with Crippen LogP contribution in [0.15, 0.2) is 27.4 Å². The molecule has 0 fully saturated rings. The molecule has 3 nitrogen and oxygen atoms in total. The van der Waals surface area contributed by atoms with Crippen molar-refractivity contribution in [1.29, 1.82) is 0 Å². The molecule has 0 amide bonds. The van der Waals surface area contributed by atoms with Gasteiger partial charge in [-0.3, -0.25) is 0 Å². The number of thiazole rings is 1. The number of furan rings is 1. The van der Waals surface area contributed by atoms with Gasteiger partial charge < -0.3 is 9.73 Å². The summed E-state index contributed by atoms with van der Waals surface area (Å²) < 4.78 is 6.33. The molecule has 86 valence electrons. The molecular weight excluding hydrogens is 288 g/mol. The van der Waals surface area contributed by atoms with Crippen LogP contribution in [0.4, 0.5) is 0 Å². The lowest BCUT2D eigenvalue weighted by Crippen LogP contribution is -2.16. The molecule has 0 aromatic carbocycles. The summed E-state index contributed by atoms with van der Waals surface area (Å²) in [4.78, 5) is 5.60. The molecule has 2 aromatic heterocycles. The van der Waals surface area contributed by atoms with Crippen LogP contribution in [0.1, 0.15) is 24.8 Å². The fourth-order valence-electron chi connectivity index (χ4n) is 1.44. The molecule has 0 aliphatic heterocycles. The Kier molecular flexibility index (Phi) is 3.78. The van der Waals surface area contributed by atoms with Crippen LogP contribution in [0, 0.1) is 0 Å². The van der Waals surface area contributed by atoms with Crippen molar-refractivity contribution in [3.05, 3.63) is 27.9 Å². The van der Waals surface area contributed by atoms with Crippen LogP contribution in [-0.4, -0.2) is 11.5 Å². The van der Waals surface area contributed by atoms with E-state index in [0.717, 1.165) is 21.8 Å². The van der Waals surface area contributed by atoms with Crippen molar-refractivity contribution in [1.82, 2.24) is 10.3 Å². The summed E-state index contributed by atoms with van der Waals surface area (Å²) in [6.45, 7) is 5.19. The summed E-state index contributed by atoms with van der Waals surface area (Å²) in [5.41, 5.74) is 0. The topological polar surface area (TPSA) is 38.1 Å². The Balaban J connectivity index is 2.23. The van der Waals surface area contributed by atoms with Gasteiger partial charge in [0.15, 0.2) is 10.8 Å². The number of aromatic nitrogens is 1. The van der Waals surface area contributed by atoms with Crippen LogP contribution in [0.25, 0.3) is 10.8 Å². The van der Waals surface area contributed by atoms with Gasteiger partial charge in [-0.2, -0.15) is 0 Å². The second-order valence-electron chi connectivity index (χ2n) is 3.44. The third-order valence-corrected chi connectivity index (χ3v) is 4.08. The Morgan fingerprint density at radius 3 is 3.06 bits per heavy atom. The minimum absolute atomic E-state index is 0.338. The van der Waals surface area contributed by atoms with Crippen molar-refractivity contribution in [2.45, 2.75) is 19.9 Å². The van der Waals surface area contributed by atoms with Crippen molar-refractivity contribution in [2.24, 2.45) is 0 Å². The third kappa shape index (κ3) is 2.36. The molecule has 1 unspecified atom stereocenters. The predicted molar refractivity (Wildman–Crippen MR) is 69.6 cm³/mol. The van der Waals surface area contributed by atoms with E-state index in [-0.39, 0.29) is 0 Å². The summed E-state index contributed by atoms with van der Waals surface area (Å²) in [5.74, 6) is 0.806. The first-order chi connectivity index (χ1) is 7.72. The molecule has 0 radical (unpaired) electrons. The van der Waals surface area contributed by atoms with Crippen LogP contribution >= 0.6 is 27.3 Å². The molecule has 1 atom stereocenters. The lowest BCUT2D eigenvalue weighted by atomic mass is 10.3. The maximum absolute atomic E-state index is 5.38. The van der Waals surface area contributed by atoms with Crippen molar-refractivity contribution < 1.29 is 4.42 Å². The van der Waals surface area contributed by atoms with E-state index in [1.54, 1.807) is 17.6 Å². The zero-order chi connectivity index (χ0) is 11.5. The highest BCUT2D eigenvalue weighted by Gasteiger charge is 2.14.